The summed E-state index contributed by atoms with van der Waals surface area (Å²) >= 11 is 0. The maximum absolute atomic E-state index is 4.48. The number of rotatable bonds is 1. The minimum atomic E-state index is 0.249. The normalized spacial score (nSPS) is 23.3. The van der Waals surface area contributed by atoms with Crippen LogP contribution in [-0.2, 0) is 0 Å². The second-order valence-corrected chi connectivity index (χ2v) is 5.28. The SMILES string of the molecule is CC(C)(C)N1CCCC1c1ccccn1. The number of pyridine rings is 1. The fraction of sp³-hybridized carbons (Fsp3) is 0.615. The van der Waals surface area contributed by atoms with Crippen LogP contribution >= 0.6 is 0 Å². The molecule has 1 aromatic rings. The van der Waals surface area contributed by atoms with Gasteiger partial charge >= 0.3 is 0 Å². The molecule has 0 spiro atoms. The van der Waals surface area contributed by atoms with E-state index in [0.717, 1.165) is 0 Å². The first-order valence-corrected chi connectivity index (χ1v) is 5.77. The van der Waals surface area contributed by atoms with E-state index < -0.39 is 0 Å². The molecule has 1 fully saturated rings. The van der Waals surface area contributed by atoms with E-state index in [1.165, 1.54) is 25.1 Å². The molecule has 2 rings (SSSR count). The van der Waals surface area contributed by atoms with Gasteiger partial charge in [0.25, 0.3) is 0 Å². The van der Waals surface area contributed by atoms with Crippen molar-refractivity contribution >= 4 is 0 Å². The highest BCUT2D eigenvalue weighted by atomic mass is 15.2. The van der Waals surface area contributed by atoms with Crippen molar-refractivity contribution in [1.29, 1.82) is 0 Å². The lowest BCUT2D eigenvalue weighted by atomic mass is 10.0. The maximum Gasteiger partial charge on any atom is 0.0575 e. The van der Waals surface area contributed by atoms with Crippen molar-refractivity contribution in [3.63, 3.8) is 0 Å². The van der Waals surface area contributed by atoms with Gasteiger partial charge in [-0.15, -0.1) is 0 Å². The van der Waals surface area contributed by atoms with E-state index in [1.807, 2.05) is 12.3 Å². The van der Waals surface area contributed by atoms with E-state index in [1.54, 1.807) is 0 Å². The van der Waals surface area contributed by atoms with Crippen LogP contribution in [0.2, 0.25) is 0 Å². The highest BCUT2D eigenvalue weighted by Gasteiger charge is 2.34. The summed E-state index contributed by atoms with van der Waals surface area (Å²) in [6.07, 6.45) is 4.43. The Kier molecular flexibility index (Phi) is 2.79. The van der Waals surface area contributed by atoms with E-state index in [4.69, 9.17) is 0 Å². The third-order valence-corrected chi connectivity index (χ3v) is 3.14. The molecule has 1 atom stereocenters. The van der Waals surface area contributed by atoms with Crippen molar-refractivity contribution in [2.75, 3.05) is 6.54 Å². The smallest absolute Gasteiger partial charge is 0.0575 e. The summed E-state index contributed by atoms with van der Waals surface area (Å²) in [5.41, 5.74) is 1.48. The van der Waals surface area contributed by atoms with Crippen LogP contribution in [0.5, 0.6) is 0 Å². The average molecular weight is 204 g/mol. The summed E-state index contributed by atoms with van der Waals surface area (Å²) in [7, 11) is 0. The third kappa shape index (κ3) is 2.20. The largest absolute Gasteiger partial charge is 0.290 e. The average Bonchev–Trinajstić information content (AvgIpc) is 2.67. The van der Waals surface area contributed by atoms with Crippen LogP contribution in [0.4, 0.5) is 0 Å². The number of aromatic nitrogens is 1. The van der Waals surface area contributed by atoms with Gasteiger partial charge in [0.15, 0.2) is 0 Å². The van der Waals surface area contributed by atoms with Crippen molar-refractivity contribution < 1.29 is 0 Å². The van der Waals surface area contributed by atoms with Gasteiger partial charge in [-0.05, 0) is 52.3 Å². The summed E-state index contributed by atoms with van der Waals surface area (Å²) in [5, 5.41) is 0. The first-order valence-electron chi connectivity index (χ1n) is 5.77. The number of hydrogen-bond donors (Lipinski definition) is 0. The summed E-state index contributed by atoms with van der Waals surface area (Å²) in [6, 6.07) is 6.74. The molecule has 0 N–H and O–H groups in total. The Balaban J connectivity index is 2.23. The molecule has 0 aliphatic carbocycles. The van der Waals surface area contributed by atoms with Crippen molar-refractivity contribution in [3.05, 3.63) is 30.1 Å². The molecule has 1 saturated heterocycles. The maximum atomic E-state index is 4.48. The zero-order chi connectivity index (χ0) is 10.9. The first-order chi connectivity index (χ1) is 7.09. The second-order valence-electron chi connectivity index (χ2n) is 5.28. The molecule has 1 unspecified atom stereocenters. The second kappa shape index (κ2) is 3.93. The molecule has 0 saturated carbocycles. The van der Waals surface area contributed by atoms with Crippen molar-refractivity contribution in [1.82, 2.24) is 9.88 Å². The summed E-state index contributed by atoms with van der Waals surface area (Å²) in [5.74, 6) is 0. The van der Waals surface area contributed by atoms with E-state index in [0.29, 0.717) is 6.04 Å². The zero-order valence-corrected chi connectivity index (χ0v) is 9.90. The lowest BCUT2D eigenvalue weighted by Gasteiger charge is -2.36. The Hall–Kier alpha value is -0.890. The van der Waals surface area contributed by atoms with Gasteiger partial charge in [0.1, 0.15) is 0 Å². The monoisotopic (exact) mass is 204 g/mol. The molecule has 0 radical (unpaired) electrons. The summed E-state index contributed by atoms with van der Waals surface area (Å²) in [6.45, 7) is 8.06. The molecule has 2 nitrogen and oxygen atoms in total. The Labute approximate surface area is 92.3 Å². The van der Waals surface area contributed by atoms with Crippen LogP contribution in [0.25, 0.3) is 0 Å². The van der Waals surface area contributed by atoms with E-state index in [-0.39, 0.29) is 5.54 Å². The van der Waals surface area contributed by atoms with E-state index in [2.05, 4.69) is 42.8 Å². The molecular formula is C13H20N2. The highest BCUT2D eigenvalue weighted by Crippen LogP contribution is 2.35. The van der Waals surface area contributed by atoms with Gasteiger partial charge in [0.2, 0.25) is 0 Å². The molecule has 1 aliphatic heterocycles. The quantitative estimate of drug-likeness (QED) is 0.699. The third-order valence-electron chi connectivity index (χ3n) is 3.14. The minimum Gasteiger partial charge on any atom is -0.290 e. The molecular weight excluding hydrogens is 184 g/mol. The fourth-order valence-corrected chi connectivity index (χ4v) is 2.45. The molecule has 2 heterocycles. The van der Waals surface area contributed by atoms with Gasteiger partial charge in [-0.25, -0.2) is 0 Å². The van der Waals surface area contributed by atoms with E-state index in [9.17, 15) is 0 Å². The molecule has 82 valence electrons. The summed E-state index contributed by atoms with van der Waals surface area (Å²) in [4.78, 5) is 7.05. The Bertz CT molecular complexity index is 313. The van der Waals surface area contributed by atoms with Crippen LogP contribution in [-0.4, -0.2) is 22.0 Å². The standard InChI is InChI=1S/C13H20N2/c1-13(2,3)15-10-6-8-12(15)11-7-4-5-9-14-11/h4-5,7,9,12H,6,8,10H2,1-3H3. The summed E-state index contributed by atoms with van der Waals surface area (Å²) < 4.78 is 0. The number of likely N-dealkylation sites (tertiary alicyclic amines) is 1. The number of nitrogens with zero attached hydrogens (tertiary/aromatic N) is 2. The molecule has 0 aromatic carbocycles. The fourth-order valence-electron chi connectivity index (χ4n) is 2.45. The zero-order valence-electron chi connectivity index (χ0n) is 9.90. The van der Waals surface area contributed by atoms with Gasteiger partial charge < -0.3 is 0 Å². The van der Waals surface area contributed by atoms with Gasteiger partial charge in [-0.3, -0.25) is 9.88 Å². The Morgan fingerprint density at radius 3 is 2.73 bits per heavy atom. The topological polar surface area (TPSA) is 16.1 Å². The van der Waals surface area contributed by atoms with Crippen LogP contribution in [0, 0.1) is 0 Å². The van der Waals surface area contributed by atoms with Gasteiger partial charge in [0, 0.05) is 11.7 Å². The van der Waals surface area contributed by atoms with Crippen LogP contribution in [0.3, 0.4) is 0 Å². The molecule has 0 amide bonds. The molecule has 2 heteroatoms. The Morgan fingerprint density at radius 2 is 2.13 bits per heavy atom. The molecule has 0 bridgehead atoms. The Morgan fingerprint density at radius 1 is 1.33 bits per heavy atom. The molecule has 1 aliphatic rings. The van der Waals surface area contributed by atoms with Gasteiger partial charge in [-0.1, -0.05) is 6.07 Å². The van der Waals surface area contributed by atoms with Crippen LogP contribution in [0.1, 0.15) is 45.3 Å². The lowest BCUT2D eigenvalue weighted by molar-refractivity contribution is 0.119. The van der Waals surface area contributed by atoms with E-state index >= 15 is 0 Å². The number of hydrogen-bond acceptors (Lipinski definition) is 2. The van der Waals surface area contributed by atoms with Crippen molar-refractivity contribution in [3.8, 4) is 0 Å². The van der Waals surface area contributed by atoms with Crippen LogP contribution < -0.4 is 0 Å². The van der Waals surface area contributed by atoms with Gasteiger partial charge in [0.05, 0.1) is 11.7 Å². The highest BCUT2D eigenvalue weighted by molar-refractivity contribution is 5.11. The van der Waals surface area contributed by atoms with Crippen molar-refractivity contribution in [2.24, 2.45) is 0 Å². The predicted molar refractivity (Wildman–Crippen MR) is 62.7 cm³/mol. The first kappa shape index (κ1) is 10.6. The lowest BCUT2D eigenvalue weighted by Crippen LogP contribution is -2.40. The predicted octanol–water partition coefficient (Wildman–Crippen LogP) is 3.02. The minimum absolute atomic E-state index is 0.249. The van der Waals surface area contributed by atoms with Crippen LogP contribution in [0.15, 0.2) is 24.4 Å². The molecule has 15 heavy (non-hydrogen) atoms. The molecule has 1 aromatic heterocycles. The van der Waals surface area contributed by atoms with Gasteiger partial charge in [-0.2, -0.15) is 0 Å². The van der Waals surface area contributed by atoms with Crippen molar-refractivity contribution in [2.45, 2.75) is 45.2 Å².